The molecular formula is C13H18ClNO2. The Morgan fingerprint density at radius 1 is 1.41 bits per heavy atom. The van der Waals surface area contributed by atoms with Crippen LogP contribution in [0.3, 0.4) is 0 Å². The molecule has 2 N–H and O–H groups in total. The number of rotatable bonds is 6. The van der Waals surface area contributed by atoms with Gasteiger partial charge < -0.3 is 10.4 Å². The van der Waals surface area contributed by atoms with E-state index in [0.717, 1.165) is 6.42 Å². The summed E-state index contributed by atoms with van der Waals surface area (Å²) < 4.78 is 0. The van der Waals surface area contributed by atoms with Crippen molar-refractivity contribution >= 4 is 17.5 Å². The molecule has 4 heteroatoms. The maximum absolute atomic E-state index is 11.7. The molecule has 0 fully saturated rings. The molecule has 0 bridgehead atoms. The summed E-state index contributed by atoms with van der Waals surface area (Å²) in [4.78, 5) is 11.7. The number of alkyl halides is 1. The average Bonchev–Trinajstić information content (AvgIpc) is 2.39. The number of aliphatic hydroxyl groups excluding tert-OH is 1. The standard InChI is InChI=1S/C13H18ClNO2/c1-2-10-3-5-12(6-4-10)13(17)15-8-11(7-14)9-16/h3-6,11,16H,2,7-9H2,1H3,(H,15,17). The van der Waals surface area contributed by atoms with E-state index in [-0.39, 0.29) is 18.4 Å². The van der Waals surface area contributed by atoms with Crippen molar-refractivity contribution in [3.63, 3.8) is 0 Å². The van der Waals surface area contributed by atoms with E-state index in [1.54, 1.807) is 0 Å². The number of carbonyl (C=O) groups is 1. The predicted octanol–water partition coefficient (Wildman–Crippen LogP) is 1.83. The molecule has 0 aromatic heterocycles. The molecule has 1 aromatic carbocycles. The molecule has 0 saturated carbocycles. The van der Waals surface area contributed by atoms with Gasteiger partial charge in [-0.2, -0.15) is 0 Å². The van der Waals surface area contributed by atoms with E-state index in [1.165, 1.54) is 5.56 Å². The number of aryl methyl sites for hydroxylation is 1. The van der Waals surface area contributed by atoms with Crippen molar-refractivity contribution < 1.29 is 9.90 Å². The average molecular weight is 256 g/mol. The van der Waals surface area contributed by atoms with Crippen LogP contribution < -0.4 is 5.32 Å². The first-order valence-corrected chi connectivity index (χ1v) is 6.28. The number of carbonyl (C=O) groups excluding carboxylic acids is 1. The summed E-state index contributed by atoms with van der Waals surface area (Å²) in [6.07, 6.45) is 0.959. The van der Waals surface area contributed by atoms with E-state index in [0.29, 0.717) is 18.0 Å². The largest absolute Gasteiger partial charge is 0.396 e. The summed E-state index contributed by atoms with van der Waals surface area (Å²) in [7, 11) is 0. The zero-order valence-corrected chi connectivity index (χ0v) is 10.7. The Labute approximate surface area is 107 Å². The van der Waals surface area contributed by atoms with Gasteiger partial charge in [-0.15, -0.1) is 11.6 Å². The SMILES string of the molecule is CCc1ccc(C(=O)NCC(CO)CCl)cc1. The first kappa shape index (κ1) is 14.0. The van der Waals surface area contributed by atoms with Crippen molar-refractivity contribution in [3.05, 3.63) is 35.4 Å². The molecular weight excluding hydrogens is 238 g/mol. The first-order valence-electron chi connectivity index (χ1n) is 5.75. The Balaban J connectivity index is 2.51. The minimum atomic E-state index is -0.129. The summed E-state index contributed by atoms with van der Waals surface area (Å²) in [5.41, 5.74) is 1.84. The number of halogens is 1. The third kappa shape index (κ3) is 4.36. The monoisotopic (exact) mass is 255 g/mol. The van der Waals surface area contributed by atoms with Crippen LogP contribution in [0.1, 0.15) is 22.8 Å². The Kier molecular flexibility index (Phi) is 6.01. The lowest BCUT2D eigenvalue weighted by molar-refractivity contribution is 0.0943. The van der Waals surface area contributed by atoms with Crippen LogP contribution in [0.25, 0.3) is 0 Å². The second-order valence-corrected chi connectivity index (χ2v) is 4.27. The van der Waals surface area contributed by atoms with E-state index in [1.807, 2.05) is 24.3 Å². The zero-order valence-electron chi connectivity index (χ0n) is 9.95. The lowest BCUT2D eigenvalue weighted by Crippen LogP contribution is -2.31. The van der Waals surface area contributed by atoms with Gasteiger partial charge in [-0.3, -0.25) is 4.79 Å². The second-order valence-electron chi connectivity index (χ2n) is 3.96. The van der Waals surface area contributed by atoms with Crippen molar-refractivity contribution in [1.29, 1.82) is 0 Å². The zero-order chi connectivity index (χ0) is 12.7. The van der Waals surface area contributed by atoms with Gasteiger partial charge in [-0.1, -0.05) is 19.1 Å². The molecule has 3 nitrogen and oxygen atoms in total. The van der Waals surface area contributed by atoms with Crippen molar-refractivity contribution in [3.8, 4) is 0 Å². The lowest BCUT2D eigenvalue weighted by atomic mass is 10.1. The predicted molar refractivity (Wildman–Crippen MR) is 69.4 cm³/mol. The summed E-state index contributed by atoms with van der Waals surface area (Å²) in [5, 5.41) is 11.7. The molecule has 0 aliphatic rings. The van der Waals surface area contributed by atoms with Crippen LogP contribution in [0.2, 0.25) is 0 Å². The number of amides is 1. The van der Waals surface area contributed by atoms with Gasteiger partial charge in [0.2, 0.25) is 0 Å². The minimum absolute atomic E-state index is 0.0153. The summed E-state index contributed by atoms with van der Waals surface area (Å²) >= 11 is 5.63. The first-order chi connectivity index (χ1) is 8.21. The fourth-order valence-corrected chi connectivity index (χ4v) is 1.61. The molecule has 1 unspecified atom stereocenters. The van der Waals surface area contributed by atoms with Crippen LogP contribution in [-0.2, 0) is 6.42 Å². The maximum Gasteiger partial charge on any atom is 0.251 e. The van der Waals surface area contributed by atoms with Crippen LogP contribution in [0.5, 0.6) is 0 Å². The van der Waals surface area contributed by atoms with Gasteiger partial charge in [0.15, 0.2) is 0 Å². The summed E-state index contributed by atoms with van der Waals surface area (Å²) in [5.74, 6) is 0.123. The number of nitrogens with one attached hydrogen (secondary N) is 1. The van der Waals surface area contributed by atoms with Crippen LogP contribution in [0, 0.1) is 5.92 Å². The van der Waals surface area contributed by atoms with Gasteiger partial charge in [0, 0.05) is 30.5 Å². The van der Waals surface area contributed by atoms with Gasteiger partial charge in [0.1, 0.15) is 0 Å². The molecule has 0 radical (unpaired) electrons. The van der Waals surface area contributed by atoms with Crippen molar-refractivity contribution in [2.24, 2.45) is 5.92 Å². The summed E-state index contributed by atoms with van der Waals surface area (Å²) in [6, 6.07) is 7.51. The summed E-state index contributed by atoms with van der Waals surface area (Å²) in [6.45, 7) is 2.45. The van der Waals surface area contributed by atoms with E-state index in [4.69, 9.17) is 16.7 Å². The topological polar surface area (TPSA) is 49.3 Å². The third-order valence-corrected chi connectivity index (χ3v) is 3.09. The van der Waals surface area contributed by atoms with Crippen molar-refractivity contribution in [2.75, 3.05) is 19.0 Å². The normalized spacial score (nSPS) is 12.2. The Bertz CT molecular complexity index is 347. The highest BCUT2D eigenvalue weighted by atomic mass is 35.5. The molecule has 1 aromatic rings. The minimum Gasteiger partial charge on any atom is -0.396 e. The Morgan fingerprint density at radius 3 is 2.53 bits per heavy atom. The van der Waals surface area contributed by atoms with Gasteiger partial charge in [0.05, 0.1) is 0 Å². The van der Waals surface area contributed by atoms with Crippen LogP contribution >= 0.6 is 11.6 Å². The van der Waals surface area contributed by atoms with Crippen LogP contribution in [0.15, 0.2) is 24.3 Å². The molecule has 0 saturated heterocycles. The molecule has 17 heavy (non-hydrogen) atoms. The molecule has 1 amide bonds. The lowest BCUT2D eigenvalue weighted by Gasteiger charge is -2.11. The fraction of sp³-hybridized carbons (Fsp3) is 0.462. The van der Waals surface area contributed by atoms with Crippen LogP contribution in [0.4, 0.5) is 0 Å². The van der Waals surface area contributed by atoms with E-state index >= 15 is 0 Å². The van der Waals surface area contributed by atoms with Crippen LogP contribution in [-0.4, -0.2) is 30.0 Å². The fourth-order valence-electron chi connectivity index (χ4n) is 1.40. The molecule has 0 heterocycles. The number of aliphatic hydroxyl groups is 1. The third-order valence-electron chi connectivity index (χ3n) is 2.65. The smallest absolute Gasteiger partial charge is 0.251 e. The highest BCUT2D eigenvalue weighted by Gasteiger charge is 2.09. The van der Waals surface area contributed by atoms with Crippen molar-refractivity contribution in [1.82, 2.24) is 5.32 Å². The molecule has 1 atom stereocenters. The van der Waals surface area contributed by atoms with Gasteiger partial charge >= 0.3 is 0 Å². The quantitative estimate of drug-likeness (QED) is 0.762. The van der Waals surface area contributed by atoms with Crippen molar-refractivity contribution in [2.45, 2.75) is 13.3 Å². The Morgan fingerprint density at radius 2 is 2.06 bits per heavy atom. The number of hydrogen-bond acceptors (Lipinski definition) is 2. The Hall–Kier alpha value is -1.06. The van der Waals surface area contributed by atoms with Gasteiger partial charge in [-0.05, 0) is 24.1 Å². The molecule has 0 aliphatic carbocycles. The molecule has 0 aliphatic heterocycles. The van der Waals surface area contributed by atoms with E-state index in [2.05, 4.69) is 12.2 Å². The molecule has 94 valence electrons. The highest BCUT2D eigenvalue weighted by molar-refractivity contribution is 6.18. The molecule has 1 rings (SSSR count). The van der Waals surface area contributed by atoms with Gasteiger partial charge in [0.25, 0.3) is 5.91 Å². The number of hydrogen-bond donors (Lipinski definition) is 2. The van der Waals surface area contributed by atoms with E-state index < -0.39 is 0 Å². The number of benzene rings is 1. The molecule has 0 spiro atoms. The second kappa shape index (κ2) is 7.30. The van der Waals surface area contributed by atoms with Gasteiger partial charge in [-0.25, -0.2) is 0 Å². The highest BCUT2D eigenvalue weighted by Crippen LogP contribution is 2.05. The maximum atomic E-state index is 11.7. The van der Waals surface area contributed by atoms with E-state index in [9.17, 15) is 4.79 Å².